The number of nitrogens with one attached hydrogen (secondary N) is 1. The molecule has 1 N–H and O–H groups in total. The molecule has 3 heterocycles. The number of fused-ring (bicyclic) bond motifs is 1. The van der Waals surface area contributed by atoms with E-state index in [0.29, 0.717) is 0 Å². The van der Waals surface area contributed by atoms with Crippen LogP contribution in [0.4, 0.5) is 0 Å². The summed E-state index contributed by atoms with van der Waals surface area (Å²) in [7, 11) is 2.12. The molecule has 5 nitrogen and oxygen atoms in total. The summed E-state index contributed by atoms with van der Waals surface area (Å²) in [5.41, 5.74) is 1.58. The fourth-order valence-corrected chi connectivity index (χ4v) is 2.55. The van der Waals surface area contributed by atoms with E-state index in [9.17, 15) is 4.79 Å². The van der Waals surface area contributed by atoms with Crippen LogP contribution in [0.1, 0.15) is 32.7 Å². The van der Waals surface area contributed by atoms with Gasteiger partial charge in [-0.25, -0.2) is 9.78 Å². The van der Waals surface area contributed by atoms with E-state index < -0.39 is 0 Å². The fourth-order valence-electron chi connectivity index (χ4n) is 2.55. The second-order valence-electron chi connectivity index (χ2n) is 4.71. The lowest BCUT2D eigenvalue weighted by molar-refractivity contribution is 0.221. The molecular formula is C14H22N4O. The third kappa shape index (κ3) is 2.71. The Morgan fingerprint density at radius 2 is 2.00 bits per heavy atom. The van der Waals surface area contributed by atoms with E-state index >= 15 is 0 Å². The number of aromatic amines is 1. The SMILES string of the molecule is CC.CN1CCC(n2c(=O)[nH]c3cccnc32)CC1. The second-order valence-corrected chi connectivity index (χ2v) is 4.71. The molecule has 0 atom stereocenters. The summed E-state index contributed by atoms with van der Waals surface area (Å²) in [6.45, 7) is 6.08. The van der Waals surface area contributed by atoms with Gasteiger partial charge in [-0.3, -0.25) is 4.57 Å². The van der Waals surface area contributed by atoms with E-state index in [1.54, 1.807) is 6.20 Å². The Balaban J connectivity index is 0.000000637. The molecule has 0 unspecified atom stereocenters. The number of piperidine rings is 1. The van der Waals surface area contributed by atoms with Crippen LogP contribution in [0.5, 0.6) is 0 Å². The molecular weight excluding hydrogens is 240 g/mol. The molecule has 104 valence electrons. The standard InChI is InChI=1S/C12H16N4O.C2H6/c1-15-7-4-9(5-8-15)16-11-10(14-12(16)17)3-2-6-13-11;1-2/h2-3,6,9H,4-5,7-8H2,1H3,(H,14,17);1-2H3. The Bertz CT molecular complexity index is 578. The first-order valence-electron chi connectivity index (χ1n) is 6.99. The summed E-state index contributed by atoms with van der Waals surface area (Å²) in [4.78, 5) is 21.4. The zero-order chi connectivity index (χ0) is 13.8. The van der Waals surface area contributed by atoms with Crippen molar-refractivity contribution in [2.45, 2.75) is 32.7 Å². The van der Waals surface area contributed by atoms with Gasteiger partial charge >= 0.3 is 5.69 Å². The maximum atomic E-state index is 12.0. The van der Waals surface area contributed by atoms with Crippen LogP contribution in [0.3, 0.4) is 0 Å². The zero-order valence-electron chi connectivity index (χ0n) is 11.9. The van der Waals surface area contributed by atoms with Crippen molar-refractivity contribution in [1.29, 1.82) is 0 Å². The highest BCUT2D eigenvalue weighted by Crippen LogP contribution is 2.22. The van der Waals surface area contributed by atoms with Gasteiger partial charge in [0.1, 0.15) is 0 Å². The van der Waals surface area contributed by atoms with Gasteiger partial charge in [-0.2, -0.15) is 0 Å². The van der Waals surface area contributed by atoms with Crippen molar-refractivity contribution in [2.75, 3.05) is 20.1 Å². The third-order valence-corrected chi connectivity index (χ3v) is 3.53. The van der Waals surface area contributed by atoms with Gasteiger partial charge in [-0.05, 0) is 45.1 Å². The number of rotatable bonds is 1. The van der Waals surface area contributed by atoms with Gasteiger partial charge < -0.3 is 9.88 Å². The van der Waals surface area contributed by atoms with Crippen LogP contribution in [-0.2, 0) is 0 Å². The number of likely N-dealkylation sites (tertiary alicyclic amines) is 1. The summed E-state index contributed by atoms with van der Waals surface area (Å²) >= 11 is 0. The van der Waals surface area contributed by atoms with E-state index in [2.05, 4.69) is 21.9 Å². The molecule has 3 rings (SSSR count). The number of nitrogens with zero attached hydrogens (tertiary/aromatic N) is 3. The number of hydrogen-bond acceptors (Lipinski definition) is 3. The minimum atomic E-state index is -0.0340. The number of aromatic nitrogens is 3. The maximum Gasteiger partial charge on any atom is 0.327 e. The number of pyridine rings is 1. The van der Waals surface area contributed by atoms with Crippen LogP contribution in [0.25, 0.3) is 11.2 Å². The first kappa shape index (κ1) is 13.8. The van der Waals surface area contributed by atoms with Crippen LogP contribution in [-0.4, -0.2) is 39.6 Å². The Morgan fingerprint density at radius 1 is 1.32 bits per heavy atom. The van der Waals surface area contributed by atoms with Gasteiger partial charge in [-0.1, -0.05) is 13.8 Å². The monoisotopic (exact) mass is 262 g/mol. The fraction of sp³-hybridized carbons (Fsp3) is 0.571. The molecule has 1 fully saturated rings. The van der Waals surface area contributed by atoms with Crippen molar-refractivity contribution in [3.8, 4) is 0 Å². The largest absolute Gasteiger partial charge is 0.327 e. The summed E-state index contributed by atoms with van der Waals surface area (Å²) in [6, 6.07) is 4.02. The van der Waals surface area contributed by atoms with Crippen LogP contribution >= 0.6 is 0 Å². The van der Waals surface area contributed by atoms with E-state index in [1.165, 1.54) is 0 Å². The maximum absolute atomic E-state index is 12.0. The third-order valence-electron chi connectivity index (χ3n) is 3.53. The highest BCUT2D eigenvalue weighted by atomic mass is 16.1. The smallest absolute Gasteiger partial charge is 0.306 e. The highest BCUT2D eigenvalue weighted by Gasteiger charge is 2.22. The van der Waals surface area contributed by atoms with E-state index in [-0.39, 0.29) is 11.7 Å². The molecule has 2 aromatic rings. The van der Waals surface area contributed by atoms with Gasteiger partial charge in [0, 0.05) is 12.2 Å². The van der Waals surface area contributed by atoms with Gasteiger partial charge in [0.2, 0.25) is 0 Å². The Labute approximate surface area is 113 Å². The van der Waals surface area contributed by atoms with Gasteiger partial charge in [-0.15, -0.1) is 0 Å². The van der Waals surface area contributed by atoms with E-state index in [0.717, 1.165) is 37.1 Å². The summed E-state index contributed by atoms with van der Waals surface area (Å²) in [6.07, 6.45) is 3.76. The molecule has 1 aliphatic heterocycles. The molecule has 1 saturated heterocycles. The minimum Gasteiger partial charge on any atom is -0.306 e. The number of H-pyrrole nitrogens is 1. The molecule has 0 radical (unpaired) electrons. The average Bonchev–Trinajstić information content (AvgIpc) is 2.78. The minimum absolute atomic E-state index is 0.0340. The average molecular weight is 262 g/mol. The van der Waals surface area contributed by atoms with Crippen molar-refractivity contribution in [1.82, 2.24) is 19.4 Å². The number of hydrogen-bond donors (Lipinski definition) is 1. The zero-order valence-corrected chi connectivity index (χ0v) is 11.9. The van der Waals surface area contributed by atoms with Crippen LogP contribution in [0.15, 0.2) is 23.1 Å². The molecule has 2 aromatic heterocycles. The second kappa shape index (κ2) is 6.02. The topological polar surface area (TPSA) is 53.9 Å². The first-order chi connectivity index (χ1) is 9.25. The predicted molar refractivity (Wildman–Crippen MR) is 77.5 cm³/mol. The molecule has 0 amide bonds. The van der Waals surface area contributed by atoms with E-state index in [1.807, 2.05) is 30.5 Å². The van der Waals surface area contributed by atoms with E-state index in [4.69, 9.17) is 0 Å². The first-order valence-corrected chi connectivity index (χ1v) is 6.99. The summed E-state index contributed by atoms with van der Waals surface area (Å²) in [5.74, 6) is 0. The van der Waals surface area contributed by atoms with Crippen LogP contribution < -0.4 is 5.69 Å². The molecule has 0 bridgehead atoms. The van der Waals surface area contributed by atoms with Crippen molar-refractivity contribution >= 4 is 11.2 Å². The Kier molecular flexibility index (Phi) is 4.37. The molecule has 0 aromatic carbocycles. The number of imidazole rings is 1. The molecule has 5 heteroatoms. The quantitative estimate of drug-likeness (QED) is 0.855. The molecule has 19 heavy (non-hydrogen) atoms. The van der Waals surface area contributed by atoms with Gasteiger partial charge in [0.05, 0.1) is 5.52 Å². The van der Waals surface area contributed by atoms with Crippen molar-refractivity contribution in [3.05, 3.63) is 28.8 Å². The van der Waals surface area contributed by atoms with Crippen molar-refractivity contribution in [2.24, 2.45) is 0 Å². The van der Waals surface area contributed by atoms with Gasteiger partial charge in [0.25, 0.3) is 0 Å². The lowest BCUT2D eigenvalue weighted by atomic mass is 10.1. The van der Waals surface area contributed by atoms with Crippen molar-refractivity contribution in [3.63, 3.8) is 0 Å². The predicted octanol–water partition coefficient (Wildman–Crippen LogP) is 2.02. The lowest BCUT2D eigenvalue weighted by Gasteiger charge is -2.29. The summed E-state index contributed by atoms with van der Waals surface area (Å²) < 4.78 is 1.82. The lowest BCUT2D eigenvalue weighted by Crippen LogP contribution is -2.34. The Hall–Kier alpha value is -1.62. The molecule has 0 spiro atoms. The van der Waals surface area contributed by atoms with Crippen molar-refractivity contribution < 1.29 is 0 Å². The van der Waals surface area contributed by atoms with Crippen LogP contribution in [0.2, 0.25) is 0 Å². The van der Waals surface area contributed by atoms with Gasteiger partial charge in [0.15, 0.2) is 5.65 Å². The Morgan fingerprint density at radius 3 is 2.68 bits per heavy atom. The normalized spacial score (nSPS) is 17.2. The molecule has 0 saturated carbocycles. The van der Waals surface area contributed by atoms with Crippen LogP contribution in [0, 0.1) is 0 Å². The summed E-state index contributed by atoms with van der Waals surface area (Å²) in [5, 5.41) is 0. The molecule has 0 aliphatic carbocycles. The molecule has 1 aliphatic rings. The highest BCUT2D eigenvalue weighted by molar-refractivity contribution is 5.70.